The van der Waals surface area contributed by atoms with Crippen LogP contribution in [0.4, 0.5) is 11.4 Å². The number of nitrogen functional groups attached to an aromatic ring is 1. The maximum atomic E-state index is 12.7. The molecule has 0 aliphatic heterocycles. The molecule has 0 atom stereocenters. The van der Waals surface area contributed by atoms with Crippen molar-refractivity contribution >= 4 is 17.3 Å². The summed E-state index contributed by atoms with van der Waals surface area (Å²) in [5.74, 6) is -0.139. The molecule has 3 rings (SSSR count). The summed E-state index contributed by atoms with van der Waals surface area (Å²) in [6.45, 7) is 3.88. The highest BCUT2D eigenvalue weighted by Gasteiger charge is 2.18. The maximum Gasteiger partial charge on any atom is 0.253 e. The second-order valence-electron chi connectivity index (χ2n) is 6.83. The van der Waals surface area contributed by atoms with Crippen LogP contribution >= 0.6 is 0 Å². The molecule has 0 unspecified atom stereocenters. The predicted octanol–water partition coefficient (Wildman–Crippen LogP) is 4.61. The third kappa shape index (κ3) is 4.67. The molecule has 0 saturated carbocycles. The van der Waals surface area contributed by atoms with Crippen LogP contribution < -0.4 is 16.4 Å². The van der Waals surface area contributed by atoms with Crippen LogP contribution in [0.15, 0.2) is 78.9 Å². The van der Waals surface area contributed by atoms with Crippen molar-refractivity contribution in [3.8, 4) is 0 Å². The van der Waals surface area contributed by atoms with Crippen molar-refractivity contribution in [2.24, 2.45) is 0 Å². The molecule has 0 heterocycles. The first-order chi connectivity index (χ1) is 13.0. The van der Waals surface area contributed by atoms with Crippen LogP contribution in [-0.4, -0.2) is 11.9 Å². The molecule has 27 heavy (non-hydrogen) atoms. The fraction of sp³-hybridized carbons (Fsp3) is 0.174. The molecule has 0 aliphatic rings. The van der Waals surface area contributed by atoms with Crippen LogP contribution in [-0.2, 0) is 0 Å². The van der Waals surface area contributed by atoms with Gasteiger partial charge in [0.05, 0.1) is 11.6 Å². The molecular weight excluding hydrogens is 334 g/mol. The average Bonchev–Trinajstić information content (AvgIpc) is 2.68. The van der Waals surface area contributed by atoms with E-state index in [0.717, 1.165) is 16.8 Å². The highest BCUT2D eigenvalue weighted by Crippen LogP contribution is 2.29. The lowest BCUT2D eigenvalue weighted by molar-refractivity contribution is 0.0944. The third-order valence-electron chi connectivity index (χ3n) is 4.27. The molecule has 4 nitrogen and oxygen atoms in total. The topological polar surface area (TPSA) is 67.2 Å². The van der Waals surface area contributed by atoms with Gasteiger partial charge in [0.15, 0.2) is 0 Å². The van der Waals surface area contributed by atoms with Gasteiger partial charge < -0.3 is 16.4 Å². The highest BCUT2D eigenvalue weighted by molar-refractivity contribution is 6.00. The van der Waals surface area contributed by atoms with Crippen molar-refractivity contribution in [3.05, 3.63) is 95.6 Å². The molecule has 0 radical (unpaired) electrons. The van der Waals surface area contributed by atoms with E-state index < -0.39 is 0 Å². The minimum absolute atomic E-state index is 0.0471. The van der Waals surface area contributed by atoms with Gasteiger partial charge in [0.1, 0.15) is 0 Å². The summed E-state index contributed by atoms with van der Waals surface area (Å²) in [5.41, 5.74) is 10.0. The summed E-state index contributed by atoms with van der Waals surface area (Å²) in [6.07, 6.45) is 0. The summed E-state index contributed by atoms with van der Waals surface area (Å²) < 4.78 is 0. The second kappa shape index (κ2) is 8.41. The molecule has 0 saturated heterocycles. The van der Waals surface area contributed by atoms with Crippen LogP contribution in [0.1, 0.15) is 41.4 Å². The molecule has 0 aliphatic carbocycles. The zero-order chi connectivity index (χ0) is 19.2. The number of nitrogens with two attached hydrogens (primary N) is 1. The van der Waals surface area contributed by atoms with Gasteiger partial charge >= 0.3 is 0 Å². The minimum Gasteiger partial charge on any atom is -0.399 e. The first kappa shape index (κ1) is 18.5. The highest BCUT2D eigenvalue weighted by atomic mass is 16.1. The number of amides is 1. The van der Waals surface area contributed by atoms with E-state index in [9.17, 15) is 4.79 Å². The lowest BCUT2D eigenvalue weighted by Gasteiger charge is -2.23. The molecule has 3 aromatic rings. The Morgan fingerprint density at radius 1 is 0.852 bits per heavy atom. The largest absolute Gasteiger partial charge is 0.399 e. The van der Waals surface area contributed by atoms with E-state index in [1.165, 1.54) is 0 Å². The summed E-state index contributed by atoms with van der Waals surface area (Å²) in [5, 5.41) is 6.49. The van der Waals surface area contributed by atoms with Gasteiger partial charge in [-0.25, -0.2) is 0 Å². The van der Waals surface area contributed by atoms with Crippen LogP contribution in [0.5, 0.6) is 0 Å². The average molecular weight is 359 g/mol. The van der Waals surface area contributed by atoms with E-state index >= 15 is 0 Å². The van der Waals surface area contributed by atoms with E-state index in [4.69, 9.17) is 5.73 Å². The Balaban J connectivity index is 2.01. The number of carbonyl (C=O) groups excluding carboxylic acids is 1. The Kier molecular flexibility index (Phi) is 5.77. The van der Waals surface area contributed by atoms with Crippen molar-refractivity contribution in [2.45, 2.75) is 25.9 Å². The Morgan fingerprint density at radius 2 is 1.41 bits per heavy atom. The van der Waals surface area contributed by atoms with Crippen molar-refractivity contribution in [1.82, 2.24) is 5.32 Å². The Labute approximate surface area is 160 Å². The van der Waals surface area contributed by atoms with Crippen molar-refractivity contribution in [1.29, 1.82) is 0 Å². The standard InChI is InChI=1S/C23H25N3O/c1-16(2)25-23(27)20-15-19(24)13-14-21(20)26-22(17-9-5-3-6-10-17)18-11-7-4-8-12-18/h3-16,22,26H,24H2,1-2H3,(H,25,27). The summed E-state index contributed by atoms with van der Waals surface area (Å²) >= 11 is 0. The summed E-state index contributed by atoms with van der Waals surface area (Å²) in [6, 6.07) is 25.7. The normalized spacial score (nSPS) is 10.8. The van der Waals surface area contributed by atoms with Gasteiger partial charge in [0.2, 0.25) is 0 Å². The first-order valence-electron chi connectivity index (χ1n) is 9.11. The smallest absolute Gasteiger partial charge is 0.253 e. The lowest BCUT2D eigenvalue weighted by Crippen LogP contribution is -2.31. The van der Waals surface area contributed by atoms with E-state index in [1.807, 2.05) is 62.4 Å². The third-order valence-corrected chi connectivity index (χ3v) is 4.27. The number of anilines is 2. The number of hydrogen-bond acceptors (Lipinski definition) is 3. The van der Waals surface area contributed by atoms with Gasteiger partial charge in [0.25, 0.3) is 5.91 Å². The van der Waals surface area contributed by atoms with E-state index in [-0.39, 0.29) is 18.0 Å². The van der Waals surface area contributed by atoms with E-state index in [0.29, 0.717) is 11.3 Å². The first-order valence-corrected chi connectivity index (χ1v) is 9.11. The molecule has 3 aromatic carbocycles. The molecular formula is C23H25N3O. The van der Waals surface area contributed by atoms with Crippen LogP contribution in [0, 0.1) is 0 Å². The molecule has 138 valence electrons. The molecule has 4 heteroatoms. The van der Waals surface area contributed by atoms with Gasteiger partial charge in [-0.2, -0.15) is 0 Å². The van der Waals surface area contributed by atoms with Crippen LogP contribution in [0.2, 0.25) is 0 Å². The molecule has 0 bridgehead atoms. The fourth-order valence-electron chi connectivity index (χ4n) is 3.02. The monoisotopic (exact) mass is 359 g/mol. The quantitative estimate of drug-likeness (QED) is 0.563. The molecule has 0 fully saturated rings. The molecule has 1 amide bonds. The number of nitrogens with one attached hydrogen (secondary N) is 2. The van der Waals surface area contributed by atoms with Gasteiger partial charge in [-0.3, -0.25) is 4.79 Å². The number of carbonyl (C=O) groups is 1. The Hall–Kier alpha value is -3.27. The van der Waals surface area contributed by atoms with Gasteiger partial charge in [0, 0.05) is 17.4 Å². The molecule has 0 aromatic heterocycles. The van der Waals surface area contributed by atoms with Gasteiger partial charge in [-0.15, -0.1) is 0 Å². The van der Waals surface area contributed by atoms with Crippen LogP contribution in [0.25, 0.3) is 0 Å². The molecule has 0 spiro atoms. The Bertz CT molecular complexity index is 853. The van der Waals surface area contributed by atoms with Crippen molar-refractivity contribution < 1.29 is 4.79 Å². The Morgan fingerprint density at radius 3 is 1.93 bits per heavy atom. The lowest BCUT2D eigenvalue weighted by atomic mass is 9.97. The maximum absolute atomic E-state index is 12.7. The minimum atomic E-state index is -0.139. The zero-order valence-corrected chi connectivity index (χ0v) is 15.6. The number of rotatable bonds is 6. The number of benzene rings is 3. The molecule has 4 N–H and O–H groups in total. The van der Waals surface area contributed by atoms with Crippen LogP contribution in [0.3, 0.4) is 0 Å². The SMILES string of the molecule is CC(C)NC(=O)c1cc(N)ccc1NC(c1ccccc1)c1ccccc1. The summed E-state index contributed by atoms with van der Waals surface area (Å²) in [7, 11) is 0. The van der Waals surface area contributed by atoms with Crippen molar-refractivity contribution in [2.75, 3.05) is 11.1 Å². The zero-order valence-electron chi connectivity index (χ0n) is 15.6. The fourth-order valence-corrected chi connectivity index (χ4v) is 3.02. The second-order valence-corrected chi connectivity index (χ2v) is 6.83. The number of hydrogen-bond donors (Lipinski definition) is 3. The summed E-state index contributed by atoms with van der Waals surface area (Å²) in [4.78, 5) is 12.7. The predicted molar refractivity (Wildman–Crippen MR) is 112 cm³/mol. The van der Waals surface area contributed by atoms with Crippen molar-refractivity contribution in [3.63, 3.8) is 0 Å². The van der Waals surface area contributed by atoms with Gasteiger partial charge in [-0.1, -0.05) is 60.7 Å². The van der Waals surface area contributed by atoms with E-state index in [2.05, 4.69) is 34.9 Å². The van der Waals surface area contributed by atoms with E-state index in [1.54, 1.807) is 6.07 Å². The van der Waals surface area contributed by atoms with Gasteiger partial charge in [-0.05, 0) is 43.2 Å².